The van der Waals surface area contributed by atoms with E-state index in [4.69, 9.17) is 11.6 Å². The lowest BCUT2D eigenvalue weighted by atomic mass is 10.1. The van der Waals surface area contributed by atoms with Gasteiger partial charge in [0.15, 0.2) is 0 Å². The SMILES string of the molecule is C=C1N=C(C)N=C1c1cc(Cl)ccc1O. The van der Waals surface area contributed by atoms with Crippen LogP contribution in [0.25, 0.3) is 0 Å². The van der Waals surface area contributed by atoms with Crippen molar-refractivity contribution in [2.24, 2.45) is 9.98 Å². The summed E-state index contributed by atoms with van der Waals surface area (Å²) in [6.45, 7) is 5.54. The van der Waals surface area contributed by atoms with Crippen LogP contribution in [0, 0.1) is 0 Å². The first-order valence-corrected chi connectivity index (χ1v) is 4.78. The van der Waals surface area contributed by atoms with Gasteiger partial charge in [0, 0.05) is 10.6 Å². The van der Waals surface area contributed by atoms with E-state index in [9.17, 15) is 5.11 Å². The minimum atomic E-state index is 0.129. The molecular formula is C11H9ClN2O. The first-order chi connectivity index (χ1) is 7.08. The Morgan fingerprint density at radius 2 is 2.07 bits per heavy atom. The summed E-state index contributed by atoms with van der Waals surface area (Å²) < 4.78 is 0. The molecule has 0 radical (unpaired) electrons. The molecule has 0 amide bonds. The fourth-order valence-electron chi connectivity index (χ4n) is 1.41. The Bertz CT molecular complexity index is 503. The summed E-state index contributed by atoms with van der Waals surface area (Å²) >= 11 is 5.85. The number of hydrogen-bond donors (Lipinski definition) is 1. The molecule has 0 saturated heterocycles. The highest BCUT2D eigenvalue weighted by Gasteiger charge is 2.17. The fraction of sp³-hybridized carbons (Fsp3) is 0.0909. The highest BCUT2D eigenvalue weighted by atomic mass is 35.5. The number of nitrogens with zero attached hydrogens (tertiary/aromatic N) is 2. The minimum Gasteiger partial charge on any atom is -0.507 e. The molecule has 1 aliphatic heterocycles. The van der Waals surface area contributed by atoms with E-state index in [1.54, 1.807) is 19.1 Å². The van der Waals surface area contributed by atoms with Gasteiger partial charge >= 0.3 is 0 Å². The first-order valence-electron chi connectivity index (χ1n) is 4.40. The van der Waals surface area contributed by atoms with E-state index in [0.29, 0.717) is 27.8 Å². The fourth-order valence-corrected chi connectivity index (χ4v) is 1.59. The van der Waals surface area contributed by atoms with Crippen molar-refractivity contribution in [2.45, 2.75) is 6.92 Å². The van der Waals surface area contributed by atoms with Crippen molar-refractivity contribution in [3.8, 4) is 5.75 Å². The molecule has 0 aliphatic carbocycles. The third-order valence-electron chi connectivity index (χ3n) is 2.06. The Morgan fingerprint density at radius 1 is 1.33 bits per heavy atom. The normalized spacial score (nSPS) is 15.2. The third kappa shape index (κ3) is 1.78. The van der Waals surface area contributed by atoms with E-state index in [2.05, 4.69) is 16.6 Å². The van der Waals surface area contributed by atoms with E-state index < -0.39 is 0 Å². The van der Waals surface area contributed by atoms with Crippen molar-refractivity contribution in [1.29, 1.82) is 0 Å². The van der Waals surface area contributed by atoms with Crippen molar-refractivity contribution >= 4 is 23.1 Å². The topological polar surface area (TPSA) is 45.0 Å². The molecular weight excluding hydrogens is 212 g/mol. The molecule has 76 valence electrons. The minimum absolute atomic E-state index is 0.129. The first kappa shape index (κ1) is 9.93. The average Bonchev–Trinajstić information content (AvgIpc) is 2.50. The van der Waals surface area contributed by atoms with Crippen molar-refractivity contribution in [3.63, 3.8) is 0 Å². The largest absolute Gasteiger partial charge is 0.507 e. The van der Waals surface area contributed by atoms with Crippen LogP contribution >= 0.6 is 11.6 Å². The van der Waals surface area contributed by atoms with Gasteiger partial charge in [-0.2, -0.15) is 0 Å². The molecule has 1 N–H and O–H groups in total. The number of halogens is 1. The molecule has 0 bridgehead atoms. The van der Waals surface area contributed by atoms with Crippen LogP contribution in [0.1, 0.15) is 12.5 Å². The predicted octanol–water partition coefficient (Wildman–Crippen LogP) is 2.78. The predicted molar refractivity (Wildman–Crippen MR) is 61.9 cm³/mol. The molecule has 3 nitrogen and oxygen atoms in total. The van der Waals surface area contributed by atoms with Crippen LogP contribution in [0.5, 0.6) is 5.75 Å². The standard InChI is InChI=1S/C11H9ClN2O/c1-6-11(14-7(2)13-6)9-5-8(12)3-4-10(9)15/h3-5,15H,1H2,2H3. The van der Waals surface area contributed by atoms with Gasteiger partial charge in [-0.15, -0.1) is 0 Å². The van der Waals surface area contributed by atoms with Gasteiger partial charge in [-0.3, -0.25) is 0 Å². The molecule has 1 aliphatic rings. The Balaban J connectivity index is 2.52. The van der Waals surface area contributed by atoms with Crippen LogP contribution in [-0.4, -0.2) is 16.7 Å². The molecule has 0 aromatic heterocycles. The van der Waals surface area contributed by atoms with Crippen molar-refractivity contribution in [1.82, 2.24) is 0 Å². The smallest absolute Gasteiger partial charge is 0.126 e. The van der Waals surface area contributed by atoms with Crippen LogP contribution in [0.2, 0.25) is 5.02 Å². The zero-order valence-corrected chi connectivity index (χ0v) is 8.91. The number of rotatable bonds is 1. The highest BCUT2D eigenvalue weighted by molar-refractivity contribution is 6.31. The van der Waals surface area contributed by atoms with Crippen LogP contribution < -0.4 is 0 Å². The Labute approximate surface area is 92.4 Å². The number of allylic oxidation sites excluding steroid dienone is 1. The molecule has 1 aromatic rings. The van der Waals surface area contributed by atoms with Gasteiger partial charge in [0.2, 0.25) is 0 Å². The summed E-state index contributed by atoms with van der Waals surface area (Å²) in [5.74, 6) is 0.763. The number of hydrogen-bond acceptors (Lipinski definition) is 3. The quantitative estimate of drug-likeness (QED) is 0.777. The number of aromatic hydroxyl groups is 1. The second-order valence-corrected chi connectivity index (χ2v) is 3.66. The molecule has 1 aromatic carbocycles. The number of phenolic OH excluding ortho intramolecular Hbond substituents is 1. The van der Waals surface area contributed by atoms with Crippen molar-refractivity contribution in [2.75, 3.05) is 0 Å². The summed E-state index contributed by atoms with van der Waals surface area (Å²) in [4.78, 5) is 8.27. The second kappa shape index (κ2) is 3.51. The van der Waals surface area contributed by atoms with E-state index in [1.807, 2.05) is 0 Å². The summed E-state index contributed by atoms with van der Waals surface area (Å²) in [7, 11) is 0. The zero-order chi connectivity index (χ0) is 11.0. The lowest BCUT2D eigenvalue weighted by Gasteiger charge is -2.04. The monoisotopic (exact) mass is 220 g/mol. The molecule has 0 atom stereocenters. The van der Waals surface area contributed by atoms with Crippen molar-refractivity contribution < 1.29 is 5.11 Å². The van der Waals surface area contributed by atoms with Crippen LogP contribution in [0.4, 0.5) is 0 Å². The molecule has 0 fully saturated rings. The second-order valence-electron chi connectivity index (χ2n) is 3.23. The maximum absolute atomic E-state index is 9.67. The van der Waals surface area contributed by atoms with Gasteiger partial charge in [0.1, 0.15) is 17.3 Å². The summed E-state index contributed by atoms with van der Waals surface area (Å²) in [6.07, 6.45) is 0. The van der Waals surface area contributed by atoms with E-state index >= 15 is 0 Å². The maximum Gasteiger partial charge on any atom is 0.126 e. The molecule has 0 spiro atoms. The number of amidine groups is 1. The van der Waals surface area contributed by atoms with E-state index in [0.717, 1.165) is 0 Å². The lowest BCUT2D eigenvalue weighted by Crippen LogP contribution is -1.99. The highest BCUT2D eigenvalue weighted by Crippen LogP contribution is 2.26. The zero-order valence-electron chi connectivity index (χ0n) is 8.16. The summed E-state index contributed by atoms with van der Waals surface area (Å²) in [5.41, 5.74) is 1.69. The van der Waals surface area contributed by atoms with Gasteiger partial charge in [-0.05, 0) is 25.1 Å². The molecule has 2 rings (SSSR count). The summed E-state index contributed by atoms with van der Waals surface area (Å²) in [5, 5.41) is 10.2. The van der Waals surface area contributed by atoms with Crippen molar-refractivity contribution in [3.05, 3.63) is 41.1 Å². The lowest BCUT2D eigenvalue weighted by molar-refractivity contribution is 0.474. The maximum atomic E-state index is 9.67. The van der Waals surface area contributed by atoms with Gasteiger partial charge in [0.05, 0.1) is 5.70 Å². The number of phenols is 1. The third-order valence-corrected chi connectivity index (χ3v) is 2.29. The number of aliphatic imine (C=N–C) groups is 2. The van der Waals surface area contributed by atoms with Crippen LogP contribution in [0.3, 0.4) is 0 Å². The van der Waals surface area contributed by atoms with E-state index in [-0.39, 0.29) is 5.75 Å². The molecule has 0 saturated carbocycles. The van der Waals surface area contributed by atoms with Gasteiger partial charge in [-0.25, -0.2) is 9.98 Å². The van der Waals surface area contributed by atoms with E-state index in [1.165, 1.54) is 6.07 Å². The Kier molecular flexibility index (Phi) is 2.32. The molecule has 0 unspecified atom stereocenters. The Hall–Kier alpha value is -1.61. The molecule has 1 heterocycles. The Morgan fingerprint density at radius 3 is 2.67 bits per heavy atom. The van der Waals surface area contributed by atoms with Crippen LogP contribution in [0.15, 0.2) is 40.5 Å². The van der Waals surface area contributed by atoms with Crippen LogP contribution in [-0.2, 0) is 0 Å². The average molecular weight is 221 g/mol. The van der Waals surface area contributed by atoms with Gasteiger partial charge in [-0.1, -0.05) is 18.2 Å². The molecule has 15 heavy (non-hydrogen) atoms. The summed E-state index contributed by atoms with van der Waals surface area (Å²) in [6, 6.07) is 4.79. The number of benzene rings is 1. The van der Waals surface area contributed by atoms with Gasteiger partial charge in [0.25, 0.3) is 0 Å². The van der Waals surface area contributed by atoms with Gasteiger partial charge < -0.3 is 5.11 Å². The molecule has 4 heteroatoms.